The van der Waals surface area contributed by atoms with E-state index in [1.165, 1.54) is 4.68 Å². The molecule has 0 bridgehead atoms. The molecule has 2 unspecified atom stereocenters. The SMILES string of the molecule is Cn1nc(NS(C)(=O)=O)c2cccc(-c3ccc(C#CCCO)nc3C(Cc3cc(F)cc(F)c3)NCC(C=O)n3nc(C(F)(F)F)c4c3C(F)(F)[C@@H]3C[C@H]43)c21. The van der Waals surface area contributed by atoms with E-state index in [0.29, 0.717) is 32.8 Å². The highest BCUT2D eigenvalue weighted by Crippen LogP contribution is 2.68. The van der Waals surface area contributed by atoms with Gasteiger partial charge >= 0.3 is 6.18 Å². The smallest absolute Gasteiger partial charge is 0.395 e. The monoisotopic (exact) mass is 803 g/mol. The lowest BCUT2D eigenvalue weighted by atomic mass is 9.93. The average Bonchev–Trinajstić information content (AvgIpc) is 3.64. The number of benzene rings is 2. The van der Waals surface area contributed by atoms with Gasteiger partial charge in [-0.2, -0.15) is 32.1 Å². The third-order valence-corrected chi connectivity index (χ3v) is 10.3. The summed E-state index contributed by atoms with van der Waals surface area (Å²) in [5.74, 6) is -2.31. The summed E-state index contributed by atoms with van der Waals surface area (Å²) in [4.78, 5) is 17.3. The average molecular weight is 804 g/mol. The number of aromatic nitrogens is 5. The third-order valence-electron chi connectivity index (χ3n) is 9.71. The maximum absolute atomic E-state index is 15.5. The minimum Gasteiger partial charge on any atom is -0.395 e. The van der Waals surface area contributed by atoms with Crippen molar-refractivity contribution >= 4 is 33.0 Å². The standard InChI is InChI=1S/C37H32F7N7O4S/c1-50-32-25(7-5-8-26(32)35(48-50)49-56(2,54)55)24-10-9-22(6-3-4-11-52)46-31(24)29(14-19-12-20(38)15-21(39)13-19)45-17-23(18-53)51-34-30(33(47-51)37(42,43)44)27-16-28(27)36(34,40)41/h5,7-10,12-13,15,18,23,27-29,45,52H,4,11,14,16-17H2,1-2H3,(H,48,49)/t23?,27-,28+,29?/m0/s1. The third kappa shape index (κ3) is 7.35. The Kier molecular flexibility index (Phi) is 9.95. The first-order valence-electron chi connectivity index (χ1n) is 17.2. The Morgan fingerprint density at radius 2 is 1.82 bits per heavy atom. The quantitative estimate of drug-likeness (QED) is 0.0822. The van der Waals surface area contributed by atoms with E-state index in [0.717, 1.165) is 18.4 Å². The van der Waals surface area contributed by atoms with Crippen LogP contribution in [0.25, 0.3) is 22.0 Å². The van der Waals surface area contributed by atoms with Gasteiger partial charge in [0, 0.05) is 54.1 Å². The number of fused-ring (bicyclic) bond motifs is 4. The number of nitrogens with zero attached hydrogens (tertiary/aromatic N) is 5. The van der Waals surface area contributed by atoms with Crippen LogP contribution in [0.2, 0.25) is 0 Å². The number of nitrogens with one attached hydrogen (secondary N) is 2. The number of aliphatic hydroxyl groups is 1. The van der Waals surface area contributed by atoms with Crippen LogP contribution in [-0.4, -0.2) is 63.8 Å². The number of sulfonamides is 1. The highest BCUT2D eigenvalue weighted by molar-refractivity contribution is 7.92. The second-order valence-corrected chi connectivity index (χ2v) is 15.5. The second kappa shape index (κ2) is 14.3. The van der Waals surface area contributed by atoms with Gasteiger partial charge in [-0.3, -0.25) is 14.1 Å². The topological polar surface area (TPSA) is 144 Å². The summed E-state index contributed by atoms with van der Waals surface area (Å²) in [5, 5.41) is 20.6. The van der Waals surface area contributed by atoms with Crippen molar-refractivity contribution in [1.82, 2.24) is 29.9 Å². The predicted molar refractivity (Wildman–Crippen MR) is 189 cm³/mol. The van der Waals surface area contributed by atoms with E-state index in [1.807, 2.05) is 0 Å². The Balaban J connectivity index is 1.37. The number of aliphatic hydroxyl groups excluding tert-OH is 1. The molecule has 56 heavy (non-hydrogen) atoms. The Labute approximate surface area is 315 Å². The first kappa shape index (κ1) is 38.9. The fourth-order valence-electron chi connectivity index (χ4n) is 7.41. The Morgan fingerprint density at radius 1 is 1.09 bits per heavy atom. The molecule has 3 aromatic heterocycles. The van der Waals surface area contributed by atoms with E-state index in [2.05, 4.69) is 32.1 Å². The van der Waals surface area contributed by atoms with E-state index in [1.54, 1.807) is 37.4 Å². The number of hydrogen-bond donors (Lipinski definition) is 3. The Hall–Kier alpha value is -5.32. The minimum absolute atomic E-state index is 0.0194. The van der Waals surface area contributed by atoms with Crippen LogP contribution < -0.4 is 10.0 Å². The van der Waals surface area contributed by atoms with Crippen molar-refractivity contribution in [3.8, 4) is 23.0 Å². The van der Waals surface area contributed by atoms with Gasteiger partial charge in [0.1, 0.15) is 35.4 Å². The number of hydrogen-bond acceptors (Lipinski definition) is 8. The van der Waals surface area contributed by atoms with Crippen molar-refractivity contribution in [2.45, 2.75) is 49.4 Å². The molecule has 0 aliphatic heterocycles. The van der Waals surface area contributed by atoms with Crippen molar-refractivity contribution in [2.24, 2.45) is 13.0 Å². The molecule has 0 radical (unpaired) electrons. The number of carbonyl (C=O) groups excluding carboxylic acids is 1. The largest absolute Gasteiger partial charge is 0.435 e. The van der Waals surface area contributed by atoms with Crippen molar-refractivity contribution in [3.63, 3.8) is 0 Å². The van der Waals surface area contributed by atoms with Crippen LogP contribution in [0.5, 0.6) is 0 Å². The molecule has 1 fully saturated rings. The van der Waals surface area contributed by atoms with Crippen LogP contribution >= 0.6 is 0 Å². The minimum atomic E-state index is -5.08. The zero-order valence-electron chi connectivity index (χ0n) is 29.5. The highest BCUT2D eigenvalue weighted by atomic mass is 32.2. The molecule has 2 aliphatic rings. The molecule has 0 spiro atoms. The summed E-state index contributed by atoms with van der Waals surface area (Å²) in [6, 6.07) is 8.03. The van der Waals surface area contributed by atoms with Crippen LogP contribution in [0.3, 0.4) is 0 Å². The molecule has 0 amide bonds. The highest BCUT2D eigenvalue weighted by Gasteiger charge is 2.68. The van der Waals surface area contributed by atoms with Crippen molar-refractivity contribution < 1.29 is 49.1 Å². The molecule has 19 heteroatoms. The summed E-state index contributed by atoms with van der Waals surface area (Å²) >= 11 is 0. The van der Waals surface area contributed by atoms with Gasteiger partial charge in [0.15, 0.2) is 11.5 Å². The zero-order chi connectivity index (χ0) is 40.3. The molecule has 5 aromatic rings. The van der Waals surface area contributed by atoms with Gasteiger partial charge in [-0.25, -0.2) is 22.2 Å². The lowest BCUT2D eigenvalue weighted by Gasteiger charge is -2.25. The molecule has 2 aromatic carbocycles. The van der Waals surface area contributed by atoms with E-state index in [4.69, 9.17) is 4.98 Å². The molecule has 3 N–H and O–H groups in total. The molecule has 7 rings (SSSR count). The summed E-state index contributed by atoms with van der Waals surface area (Å²) in [6.45, 7) is -0.830. The molecule has 294 valence electrons. The molecule has 0 saturated heterocycles. The van der Waals surface area contributed by atoms with E-state index >= 15 is 8.78 Å². The predicted octanol–water partition coefficient (Wildman–Crippen LogP) is 5.76. The van der Waals surface area contributed by atoms with Gasteiger partial charge < -0.3 is 15.2 Å². The first-order valence-corrected chi connectivity index (χ1v) is 19.1. The number of rotatable bonds is 12. The van der Waals surface area contributed by atoms with Crippen molar-refractivity contribution in [2.75, 3.05) is 24.1 Å². The number of aldehydes is 1. The summed E-state index contributed by atoms with van der Waals surface area (Å²) in [7, 11) is -2.19. The fourth-order valence-corrected chi connectivity index (χ4v) is 7.91. The first-order chi connectivity index (χ1) is 26.4. The lowest BCUT2D eigenvalue weighted by molar-refractivity contribution is -0.142. The number of aryl methyl sites for hydroxylation is 1. The van der Waals surface area contributed by atoms with Crippen LogP contribution in [0.4, 0.5) is 36.6 Å². The number of carbonyl (C=O) groups is 1. The van der Waals surface area contributed by atoms with Gasteiger partial charge in [-0.1, -0.05) is 18.1 Å². The van der Waals surface area contributed by atoms with Gasteiger partial charge in [0.25, 0.3) is 5.92 Å². The summed E-state index contributed by atoms with van der Waals surface area (Å²) in [5.41, 5.74) is -1.44. The van der Waals surface area contributed by atoms with Gasteiger partial charge in [-0.05, 0) is 60.6 Å². The molecular weight excluding hydrogens is 772 g/mol. The lowest BCUT2D eigenvalue weighted by Crippen LogP contribution is -2.34. The van der Waals surface area contributed by atoms with Crippen LogP contribution in [0.1, 0.15) is 64.7 Å². The normalized spacial score (nSPS) is 18.2. The number of anilines is 1. The fraction of sp³-hybridized carbons (Fsp3) is 0.351. The summed E-state index contributed by atoms with van der Waals surface area (Å²) < 4.78 is 131. The number of para-hydroxylation sites is 1. The van der Waals surface area contributed by atoms with Gasteiger partial charge in [-0.15, -0.1) is 0 Å². The molecule has 4 atom stereocenters. The van der Waals surface area contributed by atoms with Gasteiger partial charge in [0.05, 0.1) is 30.1 Å². The number of halogens is 7. The van der Waals surface area contributed by atoms with Crippen LogP contribution in [-0.2, 0) is 40.4 Å². The van der Waals surface area contributed by atoms with E-state index in [-0.39, 0.29) is 54.9 Å². The van der Waals surface area contributed by atoms with E-state index in [9.17, 15) is 40.3 Å². The molecule has 1 saturated carbocycles. The Bertz CT molecular complexity index is 2520. The molecule has 2 aliphatic carbocycles. The van der Waals surface area contributed by atoms with Crippen molar-refractivity contribution in [1.29, 1.82) is 0 Å². The summed E-state index contributed by atoms with van der Waals surface area (Å²) in [6.07, 6.45) is -4.23. The van der Waals surface area contributed by atoms with Gasteiger partial charge in [0.2, 0.25) is 10.0 Å². The maximum Gasteiger partial charge on any atom is 0.435 e. The van der Waals surface area contributed by atoms with Crippen LogP contribution in [0.15, 0.2) is 48.5 Å². The second-order valence-electron chi connectivity index (χ2n) is 13.7. The molecular formula is C37H32F7N7O4S. The number of pyridine rings is 1. The molecule has 3 heterocycles. The number of alkyl halides is 5. The van der Waals surface area contributed by atoms with E-state index < -0.39 is 81.2 Å². The zero-order valence-corrected chi connectivity index (χ0v) is 30.3. The Morgan fingerprint density at radius 3 is 2.48 bits per heavy atom. The maximum atomic E-state index is 15.5. The van der Waals surface area contributed by atoms with Crippen LogP contribution in [0, 0.1) is 29.4 Å². The van der Waals surface area contributed by atoms with Crippen molar-refractivity contribution in [3.05, 3.63) is 94.1 Å². The molecule has 11 nitrogen and oxygen atoms in total.